The number of aliphatic hydroxyl groups is 7. The Bertz CT molecular complexity index is 788. The van der Waals surface area contributed by atoms with E-state index >= 15 is 0 Å². The third kappa shape index (κ3) is 14.2. The predicted molar refractivity (Wildman–Crippen MR) is 164 cm³/mol. The van der Waals surface area contributed by atoms with Crippen LogP contribution in [0.3, 0.4) is 0 Å². The number of carbonyl (C=O) groups excluding carboxylic acids is 1. The normalized spacial score (nSPS) is 32.4. The summed E-state index contributed by atoms with van der Waals surface area (Å²) < 4.78 is 33.5. The minimum Gasteiger partial charge on any atom is -0.457 e. The molecule has 272 valence electrons. The third-order valence-electron chi connectivity index (χ3n) is 8.37. The number of carbonyl (C=O) groups is 1. The van der Waals surface area contributed by atoms with Gasteiger partial charge in [-0.2, -0.15) is 0 Å². The molecule has 2 rings (SSSR count). The van der Waals surface area contributed by atoms with E-state index in [4.69, 9.17) is 28.4 Å². The monoisotopic (exact) mass is 668 g/mol. The van der Waals surface area contributed by atoms with Gasteiger partial charge in [-0.25, -0.2) is 0 Å². The summed E-state index contributed by atoms with van der Waals surface area (Å²) in [4.78, 5) is 12.4. The van der Waals surface area contributed by atoms with Crippen molar-refractivity contribution >= 4 is 5.97 Å². The van der Waals surface area contributed by atoms with Crippen molar-refractivity contribution < 1.29 is 69.0 Å². The summed E-state index contributed by atoms with van der Waals surface area (Å²) in [7, 11) is 0. The van der Waals surface area contributed by atoms with Gasteiger partial charge in [-0.15, -0.1) is 0 Å². The molecule has 0 radical (unpaired) electrons. The quantitative estimate of drug-likeness (QED) is 0.0556. The van der Waals surface area contributed by atoms with Gasteiger partial charge in [0.05, 0.1) is 26.4 Å². The van der Waals surface area contributed by atoms with Gasteiger partial charge >= 0.3 is 5.97 Å². The molecule has 11 atom stereocenters. The molecule has 14 nitrogen and oxygen atoms in total. The van der Waals surface area contributed by atoms with E-state index in [0.29, 0.717) is 13.0 Å². The molecule has 0 aliphatic carbocycles. The lowest BCUT2D eigenvalue weighted by Crippen LogP contribution is -2.61. The predicted octanol–water partition coefficient (Wildman–Crippen LogP) is 0.667. The van der Waals surface area contributed by atoms with Crippen molar-refractivity contribution in [2.24, 2.45) is 0 Å². The Kier molecular flexibility index (Phi) is 20.9. The van der Waals surface area contributed by atoms with Crippen LogP contribution in [0.1, 0.15) is 97.3 Å². The van der Waals surface area contributed by atoms with E-state index in [0.717, 1.165) is 25.7 Å². The van der Waals surface area contributed by atoms with Crippen molar-refractivity contribution in [3.63, 3.8) is 0 Å². The van der Waals surface area contributed by atoms with Gasteiger partial charge in [0, 0.05) is 13.0 Å². The van der Waals surface area contributed by atoms with Gasteiger partial charge in [0.15, 0.2) is 12.6 Å². The van der Waals surface area contributed by atoms with Gasteiger partial charge in [-0.3, -0.25) is 4.79 Å². The maximum Gasteiger partial charge on any atom is 0.306 e. The highest BCUT2D eigenvalue weighted by molar-refractivity contribution is 5.69. The van der Waals surface area contributed by atoms with Crippen LogP contribution in [0.15, 0.2) is 0 Å². The summed E-state index contributed by atoms with van der Waals surface area (Å²) in [6.45, 7) is 3.38. The molecule has 0 aromatic rings. The molecule has 0 amide bonds. The van der Waals surface area contributed by atoms with Gasteiger partial charge in [0.25, 0.3) is 0 Å². The molecule has 0 bridgehead atoms. The number of ether oxygens (including phenoxy) is 6. The molecule has 0 aromatic carbocycles. The highest BCUT2D eigenvalue weighted by atomic mass is 16.7. The molecule has 0 saturated carbocycles. The molecule has 7 N–H and O–H groups in total. The summed E-state index contributed by atoms with van der Waals surface area (Å²) in [5.41, 5.74) is 0. The fraction of sp³-hybridized carbons (Fsp3) is 0.969. The lowest BCUT2D eigenvalue weighted by atomic mass is 9.98. The van der Waals surface area contributed by atoms with Crippen LogP contribution in [0.5, 0.6) is 0 Å². The summed E-state index contributed by atoms with van der Waals surface area (Å²) in [5.74, 6) is -0.413. The van der Waals surface area contributed by atoms with Crippen molar-refractivity contribution in [2.75, 3.05) is 33.0 Å². The summed E-state index contributed by atoms with van der Waals surface area (Å²) in [6, 6.07) is 0. The Labute approximate surface area is 272 Å². The Morgan fingerprint density at radius 2 is 1.15 bits per heavy atom. The number of hydrogen-bond donors (Lipinski definition) is 7. The first-order chi connectivity index (χ1) is 22.1. The van der Waals surface area contributed by atoms with Crippen LogP contribution >= 0.6 is 0 Å². The molecule has 0 spiro atoms. The first-order valence-corrected chi connectivity index (χ1v) is 17.1. The molecule has 2 aliphatic heterocycles. The number of rotatable bonds is 24. The standard InChI is InChI=1S/C32H60O14/c1-3-5-7-8-9-10-11-12-13-14-16-41-18-21(44-24(34)15-6-4-2)19-42-31-30(40)28(38)26(36)23(46-31)20-43-32-29(39)27(37)25(35)22(17-33)45-32/h21-23,25-33,35-40H,3-20H2,1-2H3. The highest BCUT2D eigenvalue weighted by Crippen LogP contribution is 2.26. The molecule has 14 heteroatoms. The van der Waals surface area contributed by atoms with E-state index in [1.165, 1.54) is 44.9 Å². The van der Waals surface area contributed by atoms with Gasteiger partial charge in [-0.1, -0.05) is 78.1 Å². The Hall–Kier alpha value is -1.01. The maximum absolute atomic E-state index is 12.4. The molecule has 2 fully saturated rings. The van der Waals surface area contributed by atoms with Crippen LogP contribution in [0, 0.1) is 0 Å². The topological polar surface area (TPSA) is 214 Å². The molecule has 2 saturated heterocycles. The van der Waals surface area contributed by atoms with E-state index in [9.17, 15) is 40.5 Å². The second kappa shape index (κ2) is 23.4. The van der Waals surface area contributed by atoms with Crippen molar-refractivity contribution in [2.45, 2.75) is 165 Å². The zero-order valence-corrected chi connectivity index (χ0v) is 27.6. The fourth-order valence-corrected chi connectivity index (χ4v) is 5.38. The van der Waals surface area contributed by atoms with E-state index < -0.39 is 86.7 Å². The van der Waals surface area contributed by atoms with Crippen molar-refractivity contribution in [3.8, 4) is 0 Å². The summed E-state index contributed by atoms with van der Waals surface area (Å²) in [6.07, 6.45) is -2.42. The van der Waals surface area contributed by atoms with Crippen LogP contribution in [-0.4, -0.2) is 142 Å². The number of aliphatic hydroxyl groups excluding tert-OH is 7. The van der Waals surface area contributed by atoms with Gasteiger partial charge in [0.1, 0.15) is 54.9 Å². The Morgan fingerprint density at radius 3 is 1.74 bits per heavy atom. The number of unbranched alkanes of at least 4 members (excludes halogenated alkanes) is 10. The number of hydrogen-bond acceptors (Lipinski definition) is 14. The van der Waals surface area contributed by atoms with Gasteiger partial charge in [-0.05, 0) is 12.8 Å². The summed E-state index contributed by atoms with van der Waals surface area (Å²) >= 11 is 0. The first kappa shape index (κ1) is 41.2. The average Bonchev–Trinajstić information content (AvgIpc) is 3.05. The molecule has 46 heavy (non-hydrogen) atoms. The lowest BCUT2D eigenvalue weighted by molar-refractivity contribution is -0.332. The third-order valence-corrected chi connectivity index (χ3v) is 8.37. The minimum absolute atomic E-state index is 0.0624. The van der Waals surface area contributed by atoms with E-state index in [-0.39, 0.29) is 19.6 Å². The molecule has 2 heterocycles. The molecular formula is C32H60O14. The Balaban J connectivity index is 1.84. The second-order valence-corrected chi connectivity index (χ2v) is 12.4. The maximum atomic E-state index is 12.4. The largest absolute Gasteiger partial charge is 0.457 e. The zero-order chi connectivity index (χ0) is 33.9. The fourth-order valence-electron chi connectivity index (χ4n) is 5.38. The molecule has 11 unspecified atom stereocenters. The minimum atomic E-state index is -1.69. The zero-order valence-electron chi connectivity index (χ0n) is 27.6. The highest BCUT2D eigenvalue weighted by Gasteiger charge is 2.47. The first-order valence-electron chi connectivity index (χ1n) is 17.1. The average molecular weight is 669 g/mol. The van der Waals surface area contributed by atoms with Crippen molar-refractivity contribution in [1.29, 1.82) is 0 Å². The lowest BCUT2D eigenvalue weighted by Gasteiger charge is -2.42. The number of esters is 1. The van der Waals surface area contributed by atoms with Crippen LogP contribution < -0.4 is 0 Å². The molecular weight excluding hydrogens is 608 g/mol. The molecule has 0 aromatic heterocycles. The summed E-state index contributed by atoms with van der Waals surface area (Å²) in [5, 5.41) is 71.0. The van der Waals surface area contributed by atoms with E-state index in [2.05, 4.69) is 6.92 Å². The van der Waals surface area contributed by atoms with Crippen molar-refractivity contribution in [1.82, 2.24) is 0 Å². The SMILES string of the molecule is CCCCCCCCCCCCOCC(COC1OC(COC2OC(CO)C(O)C(O)C2O)C(O)C(O)C1O)OC(=O)CCCC. The Morgan fingerprint density at radius 1 is 0.630 bits per heavy atom. The van der Waals surface area contributed by atoms with Crippen LogP contribution in [0.2, 0.25) is 0 Å². The van der Waals surface area contributed by atoms with Crippen LogP contribution in [0.25, 0.3) is 0 Å². The van der Waals surface area contributed by atoms with Gasteiger partial charge < -0.3 is 64.2 Å². The van der Waals surface area contributed by atoms with Gasteiger partial charge in [0.2, 0.25) is 0 Å². The van der Waals surface area contributed by atoms with Crippen molar-refractivity contribution in [3.05, 3.63) is 0 Å². The second-order valence-electron chi connectivity index (χ2n) is 12.4. The molecule has 2 aliphatic rings. The van der Waals surface area contributed by atoms with E-state index in [1.807, 2.05) is 6.92 Å². The van der Waals surface area contributed by atoms with Crippen LogP contribution in [-0.2, 0) is 33.2 Å². The smallest absolute Gasteiger partial charge is 0.306 e. The van der Waals surface area contributed by atoms with E-state index in [1.54, 1.807) is 0 Å². The van der Waals surface area contributed by atoms with Crippen LogP contribution in [0.4, 0.5) is 0 Å².